The van der Waals surface area contributed by atoms with Gasteiger partial charge < -0.3 is 9.64 Å². The lowest BCUT2D eigenvalue weighted by Crippen LogP contribution is -2.26. The number of benzene rings is 2. The minimum absolute atomic E-state index is 0.180. The maximum absolute atomic E-state index is 11.6. The fraction of sp³-hybridized carbons (Fsp3) is 0.391. The third-order valence-electron chi connectivity index (χ3n) is 5.49. The highest BCUT2D eigenvalue weighted by molar-refractivity contribution is 5.88. The predicted molar refractivity (Wildman–Crippen MR) is 115 cm³/mol. The van der Waals surface area contributed by atoms with Gasteiger partial charge in [-0.2, -0.15) is 5.10 Å². The molecule has 0 fully saturated rings. The normalized spacial score (nSPS) is 11.2. The molecule has 0 atom stereocenters. The Hall–Kier alpha value is -2.82. The van der Waals surface area contributed by atoms with Gasteiger partial charge in [-0.15, -0.1) is 0 Å². The highest BCUT2D eigenvalue weighted by Gasteiger charge is 2.16. The number of carbonyl (C=O) groups excluding carboxylic acids is 1. The van der Waals surface area contributed by atoms with Gasteiger partial charge in [-0.05, 0) is 68.1 Å². The standard InChI is InChI=1S/C23H29N3O2/c1-15(2)25(4)22-11-16(3)17(8-10-23(27)28-6)13-20(22)18-7-9-21-19(12-18)14-24-26(21)5/h7,9,11-15H,8,10H2,1-6H3. The highest BCUT2D eigenvalue weighted by Crippen LogP contribution is 2.36. The van der Waals surface area contributed by atoms with Crippen LogP contribution in [-0.4, -0.2) is 35.9 Å². The molecule has 3 aromatic rings. The molecule has 0 N–H and O–H groups in total. The van der Waals surface area contributed by atoms with Gasteiger partial charge in [0.15, 0.2) is 0 Å². The molecule has 0 amide bonds. The van der Waals surface area contributed by atoms with Crippen LogP contribution in [0.2, 0.25) is 0 Å². The Labute approximate surface area is 166 Å². The quantitative estimate of drug-likeness (QED) is 0.592. The molecule has 1 aromatic heterocycles. The molecule has 3 rings (SSSR count). The second-order valence-electron chi connectivity index (χ2n) is 7.62. The number of ether oxygens (including phenoxy) is 1. The van der Waals surface area contributed by atoms with Gasteiger partial charge in [-0.1, -0.05) is 6.07 Å². The molecule has 148 valence electrons. The summed E-state index contributed by atoms with van der Waals surface area (Å²) in [5, 5.41) is 5.48. The molecule has 0 unspecified atom stereocenters. The van der Waals surface area contributed by atoms with Gasteiger partial charge in [-0.3, -0.25) is 9.48 Å². The van der Waals surface area contributed by atoms with Crippen molar-refractivity contribution in [1.82, 2.24) is 9.78 Å². The van der Waals surface area contributed by atoms with E-state index in [0.29, 0.717) is 18.9 Å². The summed E-state index contributed by atoms with van der Waals surface area (Å²) >= 11 is 0. The molecule has 0 aliphatic carbocycles. The Kier molecular flexibility index (Phi) is 5.73. The molecule has 28 heavy (non-hydrogen) atoms. The monoisotopic (exact) mass is 379 g/mol. The second-order valence-corrected chi connectivity index (χ2v) is 7.62. The molecule has 0 spiro atoms. The lowest BCUT2D eigenvalue weighted by atomic mass is 9.94. The van der Waals surface area contributed by atoms with Gasteiger partial charge in [0.1, 0.15) is 0 Å². The summed E-state index contributed by atoms with van der Waals surface area (Å²) in [6.45, 7) is 6.49. The first-order valence-electron chi connectivity index (χ1n) is 9.67. The summed E-state index contributed by atoms with van der Waals surface area (Å²) in [5.41, 5.74) is 7.00. The van der Waals surface area contributed by atoms with Gasteiger partial charge >= 0.3 is 5.97 Å². The zero-order valence-corrected chi connectivity index (χ0v) is 17.6. The minimum Gasteiger partial charge on any atom is -0.469 e. The van der Waals surface area contributed by atoms with Crippen LogP contribution >= 0.6 is 0 Å². The van der Waals surface area contributed by atoms with E-state index in [9.17, 15) is 4.79 Å². The number of aromatic nitrogens is 2. The molecule has 0 radical (unpaired) electrons. The molecule has 0 bridgehead atoms. The molecule has 2 aromatic carbocycles. The maximum atomic E-state index is 11.6. The van der Waals surface area contributed by atoms with Gasteiger partial charge in [-0.25, -0.2) is 0 Å². The van der Waals surface area contributed by atoms with Gasteiger partial charge in [0.05, 0.1) is 18.8 Å². The Morgan fingerprint density at radius 2 is 2.00 bits per heavy atom. The molecular formula is C23H29N3O2. The fourth-order valence-electron chi connectivity index (χ4n) is 3.48. The summed E-state index contributed by atoms with van der Waals surface area (Å²) < 4.78 is 6.70. The number of esters is 1. The number of anilines is 1. The van der Waals surface area contributed by atoms with Crippen LogP contribution in [0.5, 0.6) is 0 Å². The first-order chi connectivity index (χ1) is 13.3. The number of hydrogen-bond donors (Lipinski definition) is 0. The van der Waals surface area contributed by atoms with Gasteiger partial charge in [0.2, 0.25) is 0 Å². The Morgan fingerprint density at radius 3 is 2.68 bits per heavy atom. The summed E-state index contributed by atoms with van der Waals surface area (Å²) in [6.07, 6.45) is 2.96. The largest absolute Gasteiger partial charge is 0.469 e. The number of aryl methyl sites for hydroxylation is 3. The second kappa shape index (κ2) is 8.05. The Balaban J connectivity index is 2.12. The van der Waals surface area contributed by atoms with E-state index < -0.39 is 0 Å². The lowest BCUT2D eigenvalue weighted by molar-refractivity contribution is -0.140. The van der Waals surface area contributed by atoms with Crippen LogP contribution in [0.3, 0.4) is 0 Å². The molecule has 1 heterocycles. The van der Waals surface area contributed by atoms with Crippen molar-refractivity contribution < 1.29 is 9.53 Å². The number of carbonyl (C=O) groups is 1. The van der Waals surface area contributed by atoms with E-state index in [1.54, 1.807) is 0 Å². The minimum atomic E-state index is -0.180. The summed E-state index contributed by atoms with van der Waals surface area (Å²) in [4.78, 5) is 13.9. The van der Waals surface area contributed by atoms with E-state index in [2.05, 4.69) is 68.1 Å². The third kappa shape index (κ3) is 3.88. The Morgan fingerprint density at radius 1 is 1.25 bits per heavy atom. The number of methoxy groups -OCH3 is 1. The smallest absolute Gasteiger partial charge is 0.305 e. The summed E-state index contributed by atoms with van der Waals surface area (Å²) in [5.74, 6) is -0.180. The van der Waals surface area contributed by atoms with Gasteiger partial charge in [0.25, 0.3) is 0 Å². The first kappa shape index (κ1) is 19.9. The summed E-state index contributed by atoms with van der Waals surface area (Å²) in [7, 11) is 5.51. The van der Waals surface area contributed by atoms with Crippen molar-refractivity contribution in [2.24, 2.45) is 7.05 Å². The number of hydrogen-bond acceptors (Lipinski definition) is 4. The fourth-order valence-corrected chi connectivity index (χ4v) is 3.48. The maximum Gasteiger partial charge on any atom is 0.305 e. The highest BCUT2D eigenvalue weighted by atomic mass is 16.5. The van der Waals surface area contributed by atoms with Crippen LogP contribution in [0.15, 0.2) is 36.5 Å². The van der Waals surface area contributed by atoms with Crippen molar-refractivity contribution >= 4 is 22.6 Å². The molecular weight excluding hydrogens is 350 g/mol. The third-order valence-corrected chi connectivity index (χ3v) is 5.49. The van der Waals surface area contributed by atoms with E-state index in [1.165, 1.54) is 29.5 Å². The molecule has 0 saturated heterocycles. The van der Waals surface area contributed by atoms with Crippen LogP contribution in [0, 0.1) is 6.92 Å². The van der Waals surface area contributed by atoms with Crippen molar-refractivity contribution in [2.45, 2.75) is 39.7 Å². The average molecular weight is 380 g/mol. The van der Waals surface area contributed by atoms with E-state index in [1.807, 2.05) is 17.9 Å². The number of rotatable bonds is 6. The molecule has 5 nitrogen and oxygen atoms in total. The zero-order valence-electron chi connectivity index (χ0n) is 17.6. The van der Waals surface area contributed by atoms with E-state index in [0.717, 1.165) is 16.5 Å². The van der Waals surface area contributed by atoms with Crippen LogP contribution in [-0.2, 0) is 23.0 Å². The molecule has 0 saturated carbocycles. The van der Waals surface area contributed by atoms with Crippen molar-refractivity contribution in [3.05, 3.63) is 47.7 Å². The van der Waals surface area contributed by atoms with Crippen LogP contribution < -0.4 is 4.90 Å². The predicted octanol–water partition coefficient (Wildman–Crippen LogP) is 4.50. The van der Waals surface area contributed by atoms with Gasteiger partial charge in [0, 0.05) is 43.2 Å². The number of fused-ring (bicyclic) bond motifs is 1. The van der Waals surface area contributed by atoms with Crippen molar-refractivity contribution in [1.29, 1.82) is 0 Å². The van der Waals surface area contributed by atoms with Crippen molar-refractivity contribution in [3.63, 3.8) is 0 Å². The van der Waals surface area contributed by atoms with Crippen molar-refractivity contribution in [2.75, 3.05) is 19.1 Å². The van der Waals surface area contributed by atoms with E-state index >= 15 is 0 Å². The Bertz CT molecular complexity index is 1000. The van der Waals surface area contributed by atoms with E-state index in [4.69, 9.17) is 4.74 Å². The lowest BCUT2D eigenvalue weighted by Gasteiger charge is -2.28. The zero-order chi connectivity index (χ0) is 20.4. The first-order valence-corrected chi connectivity index (χ1v) is 9.67. The molecule has 0 aliphatic heterocycles. The average Bonchev–Trinajstić information content (AvgIpc) is 3.06. The molecule has 5 heteroatoms. The van der Waals surface area contributed by atoms with Crippen LogP contribution in [0.1, 0.15) is 31.4 Å². The van der Waals surface area contributed by atoms with E-state index in [-0.39, 0.29) is 5.97 Å². The van der Waals surface area contributed by atoms with Crippen LogP contribution in [0.4, 0.5) is 5.69 Å². The topological polar surface area (TPSA) is 47.4 Å². The summed E-state index contributed by atoms with van der Waals surface area (Å²) in [6, 6.07) is 11.3. The molecule has 0 aliphatic rings. The van der Waals surface area contributed by atoms with Crippen molar-refractivity contribution in [3.8, 4) is 11.1 Å². The van der Waals surface area contributed by atoms with Crippen LogP contribution in [0.25, 0.3) is 22.0 Å². The number of nitrogens with zero attached hydrogens (tertiary/aromatic N) is 3. The SMILES string of the molecule is COC(=O)CCc1cc(-c2ccc3c(cnn3C)c2)c(N(C)C(C)C)cc1C.